The van der Waals surface area contributed by atoms with Crippen molar-refractivity contribution in [1.29, 1.82) is 0 Å². The molecule has 0 spiro atoms. The highest BCUT2D eigenvalue weighted by molar-refractivity contribution is 5.95. The number of imidazole rings is 1. The van der Waals surface area contributed by atoms with Gasteiger partial charge in [0.05, 0.1) is 29.6 Å². The van der Waals surface area contributed by atoms with Crippen molar-refractivity contribution < 1.29 is 9.53 Å². The minimum atomic E-state index is -0.0629. The summed E-state index contributed by atoms with van der Waals surface area (Å²) >= 11 is 0. The zero-order valence-electron chi connectivity index (χ0n) is 12.1. The summed E-state index contributed by atoms with van der Waals surface area (Å²) < 4.78 is 5.38. The van der Waals surface area contributed by atoms with Gasteiger partial charge in [0.15, 0.2) is 0 Å². The highest BCUT2D eigenvalue weighted by atomic mass is 16.5. The number of methoxy groups -OCH3 is 1. The Labute approximate surface area is 123 Å². The molecule has 6 heteroatoms. The zero-order valence-corrected chi connectivity index (χ0v) is 12.1. The van der Waals surface area contributed by atoms with Crippen molar-refractivity contribution in [2.45, 2.75) is 31.9 Å². The number of amides is 1. The second kappa shape index (κ2) is 5.83. The van der Waals surface area contributed by atoms with Crippen LogP contribution in [0, 0.1) is 5.92 Å². The highest BCUT2D eigenvalue weighted by Gasteiger charge is 2.33. The number of H-pyrrole nitrogens is 1. The molecule has 2 aromatic rings. The van der Waals surface area contributed by atoms with Crippen molar-refractivity contribution >= 4 is 22.6 Å². The van der Waals surface area contributed by atoms with Crippen molar-refractivity contribution in [3.05, 3.63) is 24.0 Å². The second-order valence-corrected chi connectivity index (χ2v) is 5.42. The summed E-state index contributed by atoms with van der Waals surface area (Å²) in [6.45, 7) is 0.369. The molecule has 4 N–H and O–H groups in total. The van der Waals surface area contributed by atoms with E-state index >= 15 is 0 Å². The Bertz CT molecular complexity index is 652. The van der Waals surface area contributed by atoms with Crippen LogP contribution < -0.4 is 11.1 Å². The van der Waals surface area contributed by atoms with Crippen LogP contribution in [0.2, 0.25) is 0 Å². The molecule has 1 aromatic heterocycles. The van der Waals surface area contributed by atoms with E-state index in [0.717, 1.165) is 41.8 Å². The first-order chi connectivity index (χ1) is 10.2. The monoisotopic (exact) mass is 288 g/mol. The summed E-state index contributed by atoms with van der Waals surface area (Å²) in [7, 11) is 1.67. The quantitative estimate of drug-likeness (QED) is 0.799. The van der Waals surface area contributed by atoms with Gasteiger partial charge >= 0.3 is 0 Å². The average Bonchev–Trinajstić information content (AvgIpc) is 3.12. The van der Waals surface area contributed by atoms with E-state index < -0.39 is 0 Å². The number of hydrogen-bond acceptors (Lipinski definition) is 4. The van der Waals surface area contributed by atoms with Gasteiger partial charge in [0, 0.05) is 12.8 Å². The van der Waals surface area contributed by atoms with Crippen LogP contribution in [0.5, 0.6) is 0 Å². The number of ether oxygens (including phenoxy) is 1. The molecule has 1 amide bonds. The van der Waals surface area contributed by atoms with Gasteiger partial charge in [-0.15, -0.1) is 0 Å². The molecule has 1 saturated carbocycles. The number of benzene rings is 1. The predicted molar refractivity (Wildman–Crippen MR) is 80.8 cm³/mol. The van der Waals surface area contributed by atoms with Crippen molar-refractivity contribution in [3.8, 4) is 0 Å². The lowest BCUT2D eigenvalue weighted by atomic mass is 10.0. The summed E-state index contributed by atoms with van der Waals surface area (Å²) in [6.07, 6.45) is 2.91. The largest absolute Gasteiger partial charge is 0.381 e. The molecule has 0 bridgehead atoms. The lowest BCUT2D eigenvalue weighted by molar-refractivity contribution is -0.123. The van der Waals surface area contributed by atoms with E-state index in [1.165, 1.54) is 0 Å². The third-order valence-electron chi connectivity index (χ3n) is 4.08. The first-order valence-electron chi connectivity index (χ1n) is 7.23. The molecule has 1 heterocycles. The van der Waals surface area contributed by atoms with Gasteiger partial charge in [0.1, 0.15) is 5.82 Å². The number of aromatic nitrogens is 2. The number of anilines is 1. The van der Waals surface area contributed by atoms with E-state index in [-0.39, 0.29) is 17.9 Å². The maximum absolute atomic E-state index is 12.3. The van der Waals surface area contributed by atoms with Crippen LogP contribution in [0.25, 0.3) is 11.0 Å². The number of rotatable bonds is 4. The number of fused-ring (bicyclic) bond motifs is 1. The number of nitrogens with one attached hydrogen (secondary N) is 2. The standard InChI is InChI=1S/C15H20N4O2/c1-21-13-4-2-3-10(13)15(20)17-9-5-6-11-12(7-9)19-14(8-16)18-11/h5-7,10,13H,2-4,8,16H2,1H3,(H,17,20)(H,18,19). The first-order valence-corrected chi connectivity index (χ1v) is 7.23. The molecule has 21 heavy (non-hydrogen) atoms. The molecule has 1 aliphatic carbocycles. The molecule has 0 aliphatic heterocycles. The number of hydrogen-bond donors (Lipinski definition) is 3. The van der Waals surface area contributed by atoms with Crippen LogP contribution in [0.1, 0.15) is 25.1 Å². The maximum Gasteiger partial charge on any atom is 0.230 e. The molecule has 1 fully saturated rings. The van der Waals surface area contributed by atoms with Gasteiger partial charge in [-0.2, -0.15) is 0 Å². The number of carbonyl (C=O) groups excluding carboxylic acids is 1. The number of aromatic amines is 1. The third kappa shape index (κ3) is 2.77. The van der Waals surface area contributed by atoms with Crippen LogP contribution in [-0.4, -0.2) is 29.1 Å². The van der Waals surface area contributed by atoms with Gasteiger partial charge in [-0.25, -0.2) is 4.98 Å². The SMILES string of the molecule is COC1CCCC1C(=O)Nc1ccc2nc(CN)[nH]c2c1. The molecule has 3 rings (SSSR count). The van der Waals surface area contributed by atoms with E-state index in [9.17, 15) is 4.79 Å². The topological polar surface area (TPSA) is 93.0 Å². The number of nitrogens with two attached hydrogens (primary N) is 1. The van der Waals surface area contributed by atoms with E-state index in [1.807, 2.05) is 18.2 Å². The highest BCUT2D eigenvalue weighted by Crippen LogP contribution is 2.29. The van der Waals surface area contributed by atoms with Gasteiger partial charge in [0.25, 0.3) is 0 Å². The van der Waals surface area contributed by atoms with E-state index in [2.05, 4.69) is 15.3 Å². The lowest BCUT2D eigenvalue weighted by Gasteiger charge is -2.17. The number of nitrogens with zero attached hydrogens (tertiary/aromatic N) is 1. The van der Waals surface area contributed by atoms with Crippen LogP contribution >= 0.6 is 0 Å². The summed E-state index contributed by atoms with van der Waals surface area (Å²) in [5, 5.41) is 2.97. The Kier molecular flexibility index (Phi) is 3.90. The molecule has 0 radical (unpaired) electrons. The molecule has 2 atom stereocenters. The minimum absolute atomic E-state index is 0.0252. The third-order valence-corrected chi connectivity index (χ3v) is 4.08. The Morgan fingerprint density at radius 3 is 3.14 bits per heavy atom. The van der Waals surface area contributed by atoms with Gasteiger partial charge in [-0.05, 0) is 37.5 Å². The fourth-order valence-corrected chi connectivity index (χ4v) is 2.98. The van der Waals surface area contributed by atoms with Crippen LogP contribution in [0.4, 0.5) is 5.69 Å². The molecule has 6 nitrogen and oxygen atoms in total. The molecule has 1 aliphatic rings. The summed E-state index contributed by atoms with van der Waals surface area (Å²) in [5.41, 5.74) is 8.06. The molecular formula is C15H20N4O2. The van der Waals surface area contributed by atoms with Gasteiger partial charge in [-0.3, -0.25) is 4.79 Å². The van der Waals surface area contributed by atoms with E-state index in [4.69, 9.17) is 10.5 Å². The summed E-state index contributed by atoms with van der Waals surface area (Å²) in [4.78, 5) is 19.8. The van der Waals surface area contributed by atoms with Crippen molar-refractivity contribution in [1.82, 2.24) is 9.97 Å². The fourth-order valence-electron chi connectivity index (χ4n) is 2.98. The molecule has 2 unspecified atom stereocenters. The Morgan fingerprint density at radius 1 is 1.52 bits per heavy atom. The zero-order chi connectivity index (χ0) is 14.8. The average molecular weight is 288 g/mol. The van der Waals surface area contributed by atoms with Crippen molar-refractivity contribution in [2.24, 2.45) is 11.7 Å². The Hall–Kier alpha value is -1.92. The fraction of sp³-hybridized carbons (Fsp3) is 0.467. The van der Waals surface area contributed by atoms with Gasteiger partial charge < -0.3 is 20.8 Å². The van der Waals surface area contributed by atoms with Crippen LogP contribution in [0.3, 0.4) is 0 Å². The van der Waals surface area contributed by atoms with Gasteiger partial charge in [0.2, 0.25) is 5.91 Å². The van der Waals surface area contributed by atoms with Crippen molar-refractivity contribution in [3.63, 3.8) is 0 Å². The van der Waals surface area contributed by atoms with Crippen LogP contribution in [0.15, 0.2) is 18.2 Å². The summed E-state index contributed by atoms with van der Waals surface area (Å²) in [6, 6.07) is 5.62. The molecular weight excluding hydrogens is 268 g/mol. The van der Waals surface area contributed by atoms with Crippen LogP contribution in [-0.2, 0) is 16.1 Å². The normalized spacial score (nSPS) is 21.8. The smallest absolute Gasteiger partial charge is 0.230 e. The van der Waals surface area contributed by atoms with E-state index in [1.54, 1.807) is 7.11 Å². The predicted octanol–water partition coefficient (Wildman–Crippen LogP) is 1.78. The molecule has 0 saturated heterocycles. The van der Waals surface area contributed by atoms with E-state index in [0.29, 0.717) is 6.54 Å². The van der Waals surface area contributed by atoms with Gasteiger partial charge in [-0.1, -0.05) is 0 Å². The summed E-state index contributed by atoms with van der Waals surface area (Å²) in [5.74, 6) is 0.702. The maximum atomic E-state index is 12.3. The Balaban J connectivity index is 1.76. The minimum Gasteiger partial charge on any atom is -0.381 e. The lowest BCUT2D eigenvalue weighted by Crippen LogP contribution is -2.29. The Morgan fingerprint density at radius 2 is 2.38 bits per heavy atom. The number of carbonyl (C=O) groups is 1. The molecule has 1 aromatic carbocycles. The second-order valence-electron chi connectivity index (χ2n) is 5.42. The van der Waals surface area contributed by atoms with Crippen molar-refractivity contribution in [2.75, 3.05) is 12.4 Å². The first kappa shape index (κ1) is 14.0. The molecule has 112 valence electrons.